The lowest BCUT2D eigenvalue weighted by Crippen LogP contribution is -2.36. The van der Waals surface area contributed by atoms with Crippen molar-refractivity contribution < 1.29 is 0 Å². The fourth-order valence-electron chi connectivity index (χ4n) is 3.64. The molecule has 4 rings (SSSR count). The lowest BCUT2D eigenvalue weighted by molar-refractivity contribution is 0.180. The van der Waals surface area contributed by atoms with Gasteiger partial charge < -0.3 is 4.98 Å². The number of aromatic nitrogens is 2. The number of hydrogen-bond donors (Lipinski definition) is 1. The van der Waals surface area contributed by atoms with Gasteiger partial charge in [0.1, 0.15) is 0 Å². The number of hydrogen-bond acceptors (Lipinski definition) is 2. The average Bonchev–Trinajstić information content (AvgIpc) is 2.91. The molecule has 124 valence electrons. The van der Waals surface area contributed by atoms with Crippen LogP contribution in [0.25, 0.3) is 11.0 Å². The fraction of sp³-hybridized carbons (Fsp3) is 0.316. The third-order valence-corrected chi connectivity index (χ3v) is 5.08. The Hall–Kier alpha value is -2.04. The quantitative estimate of drug-likeness (QED) is 0.786. The number of piperidine rings is 1. The highest BCUT2D eigenvalue weighted by atomic mass is 35.5. The van der Waals surface area contributed by atoms with Crippen molar-refractivity contribution in [3.63, 3.8) is 0 Å². The van der Waals surface area contributed by atoms with Crippen molar-refractivity contribution in [2.75, 3.05) is 13.1 Å². The van der Waals surface area contributed by atoms with E-state index in [0.717, 1.165) is 43.5 Å². The van der Waals surface area contributed by atoms with E-state index in [2.05, 4.69) is 34.1 Å². The van der Waals surface area contributed by atoms with Crippen LogP contribution in [0.15, 0.2) is 53.3 Å². The highest BCUT2D eigenvalue weighted by molar-refractivity contribution is 6.31. The number of nitrogens with zero attached hydrogens (tertiary/aromatic N) is 2. The Bertz CT molecular complexity index is 892. The lowest BCUT2D eigenvalue weighted by Gasteiger charge is -2.32. The molecule has 0 radical (unpaired) electrons. The molecule has 1 fully saturated rings. The van der Waals surface area contributed by atoms with Crippen LogP contribution in [0.5, 0.6) is 0 Å². The highest BCUT2D eigenvalue weighted by Gasteiger charge is 2.23. The number of halogens is 1. The van der Waals surface area contributed by atoms with E-state index in [4.69, 9.17) is 11.6 Å². The monoisotopic (exact) mass is 341 g/mol. The van der Waals surface area contributed by atoms with Crippen LogP contribution < -0.4 is 5.69 Å². The Morgan fingerprint density at radius 3 is 2.58 bits per heavy atom. The van der Waals surface area contributed by atoms with Gasteiger partial charge in [-0.3, -0.25) is 9.47 Å². The van der Waals surface area contributed by atoms with Crippen LogP contribution in [0.2, 0.25) is 5.02 Å². The molecule has 0 unspecified atom stereocenters. The summed E-state index contributed by atoms with van der Waals surface area (Å²) in [5, 5.41) is 0.647. The van der Waals surface area contributed by atoms with Gasteiger partial charge in [0.05, 0.1) is 11.0 Å². The fourth-order valence-corrected chi connectivity index (χ4v) is 3.82. The highest BCUT2D eigenvalue weighted by Crippen LogP contribution is 2.26. The predicted molar refractivity (Wildman–Crippen MR) is 97.6 cm³/mol. The topological polar surface area (TPSA) is 41.0 Å². The van der Waals surface area contributed by atoms with E-state index >= 15 is 0 Å². The van der Waals surface area contributed by atoms with Crippen LogP contribution in [-0.4, -0.2) is 27.5 Å². The Balaban J connectivity index is 1.50. The molecular formula is C19H20ClN3O. The van der Waals surface area contributed by atoms with Gasteiger partial charge in [0, 0.05) is 30.7 Å². The summed E-state index contributed by atoms with van der Waals surface area (Å²) < 4.78 is 1.91. The van der Waals surface area contributed by atoms with Gasteiger partial charge in [-0.2, -0.15) is 0 Å². The first-order valence-corrected chi connectivity index (χ1v) is 8.74. The summed E-state index contributed by atoms with van der Waals surface area (Å²) in [7, 11) is 0. The molecule has 0 amide bonds. The van der Waals surface area contributed by atoms with Crippen LogP contribution >= 0.6 is 11.6 Å². The SMILES string of the molecule is O=c1[nH]c2cc(Cl)ccc2n1C1CCN(Cc2ccccc2)CC1. The largest absolute Gasteiger partial charge is 0.326 e. The van der Waals surface area contributed by atoms with E-state index in [1.54, 1.807) is 0 Å². The van der Waals surface area contributed by atoms with Crippen LogP contribution in [-0.2, 0) is 6.54 Å². The minimum atomic E-state index is -0.0335. The van der Waals surface area contributed by atoms with Crippen molar-refractivity contribution >= 4 is 22.6 Å². The minimum Gasteiger partial charge on any atom is -0.305 e. The molecule has 1 aliphatic rings. The molecule has 1 saturated heterocycles. The van der Waals surface area contributed by atoms with Crippen LogP contribution in [0.4, 0.5) is 0 Å². The first-order valence-electron chi connectivity index (χ1n) is 8.37. The molecule has 1 aromatic heterocycles. The number of rotatable bonds is 3. The Labute approximate surface area is 145 Å². The predicted octanol–water partition coefficient (Wildman–Crippen LogP) is 3.82. The molecule has 1 N–H and O–H groups in total. The van der Waals surface area contributed by atoms with Crippen molar-refractivity contribution in [3.05, 3.63) is 69.6 Å². The second-order valence-electron chi connectivity index (χ2n) is 6.45. The van der Waals surface area contributed by atoms with E-state index in [9.17, 15) is 4.79 Å². The number of nitrogens with one attached hydrogen (secondary N) is 1. The van der Waals surface area contributed by atoms with Gasteiger partial charge in [0.25, 0.3) is 0 Å². The van der Waals surface area contributed by atoms with Gasteiger partial charge in [-0.25, -0.2) is 4.79 Å². The molecule has 0 bridgehead atoms. The molecule has 5 heteroatoms. The number of H-pyrrole nitrogens is 1. The lowest BCUT2D eigenvalue weighted by atomic mass is 10.0. The number of benzene rings is 2. The molecule has 0 saturated carbocycles. The summed E-state index contributed by atoms with van der Waals surface area (Å²) in [4.78, 5) is 17.8. The number of imidazole rings is 1. The summed E-state index contributed by atoms with van der Waals surface area (Å²) in [6.45, 7) is 2.99. The first-order chi connectivity index (χ1) is 11.7. The summed E-state index contributed by atoms with van der Waals surface area (Å²) in [5.41, 5.74) is 3.08. The smallest absolute Gasteiger partial charge is 0.305 e. The van der Waals surface area contributed by atoms with Crippen LogP contribution in [0.1, 0.15) is 24.4 Å². The molecule has 0 spiro atoms. The molecule has 2 aromatic carbocycles. The van der Waals surface area contributed by atoms with Crippen molar-refractivity contribution in [1.82, 2.24) is 14.5 Å². The van der Waals surface area contributed by atoms with Gasteiger partial charge in [0.2, 0.25) is 0 Å². The van der Waals surface area contributed by atoms with Gasteiger partial charge in [-0.1, -0.05) is 41.9 Å². The second-order valence-corrected chi connectivity index (χ2v) is 6.89. The van der Waals surface area contributed by atoms with Crippen molar-refractivity contribution in [3.8, 4) is 0 Å². The number of fused-ring (bicyclic) bond motifs is 1. The number of aromatic amines is 1. The van der Waals surface area contributed by atoms with E-state index in [1.165, 1.54) is 5.56 Å². The first kappa shape index (κ1) is 15.5. The summed E-state index contributed by atoms with van der Waals surface area (Å²) in [5.74, 6) is 0. The van der Waals surface area contributed by atoms with Crippen LogP contribution in [0.3, 0.4) is 0 Å². The summed E-state index contributed by atoms with van der Waals surface area (Å²) in [6.07, 6.45) is 1.98. The van der Waals surface area contributed by atoms with Crippen molar-refractivity contribution in [1.29, 1.82) is 0 Å². The van der Waals surface area contributed by atoms with E-state index < -0.39 is 0 Å². The number of likely N-dealkylation sites (tertiary alicyclic amines) is 1. The Morgan fingerprint density at radius 2 is 1.83 bits per heavy atom. The van der Waals surface area contributed by atoms with Gasteiger partial charge in [-0.15, -0.1) is 0 Å². The normalized spacial score (nSPS) is 16.7. The zero-order valence-electron chi connectivity index (χ0n) is 13.4. The zero-order valence-corrected chi connectivity index (χ0v) is 14.2. The van der Waals surface area contributed by atoms with Crippen LogP contribution in [0, 0.1) is 0 Å². The van der Waals surface area contributed by atoms with Gasteiger partial charge in [0.15, 0.2) is 0 Å². The molecule has 4 nitrogen and oxygen atoms in total. The molecule has 2 heterocycles. The Kier molecular flexibility index (Phi) is 4.17. The standard InChI is InChI=1S/C19H20ClN3O/c20-15-6-7-18-17(12-15)21-19(24)23(18)16-8-10-22(11-9-16)13-14-4-2-1-3-5-14/h1-7,12,16H,8-11,13H2,(H,21,24). The third-order valence-electron chi connectivity index (χ3n) is 4.85. The van der Waals surface area contributed by atoms with E-state index in [0.29, 0.717) is 5.02 Å². The molecule has 1 aliphatic heterocycles. The maximum atomic E-state index is 12.4. The second kappa shape index (κ2) is 6.46. The summed E-state index contributed by atoms with van der Waals surface area (Å²) >= 11 is 6.02. The molecule has 0 aliphatic carbocycles. The van der Waals surface area contributed by atoms with E-state index in [1.807, 2.05) is 28.8 Å². The molecule has 3 aromatic rings. The van der Waals surface area contributed by atoms with E-state index in [-0.39, 0.29) is 11.7 Å². The maximum absolute atomic E-state index is 12.4. The molecule has 0 atom stereocenters. The maximum Gasteiger partial charge on any atom is 0.326 e. The summed E-state index contributed by atoms with van der Waals surface area (Å²) in [6, 6.07) is 16.4. The zero-order chi connectivity index (χ0) is 16.5. The minimum absolute atomic E-state index is 0.0335. The Morgan fingerprint density at radius 1 is 1.08 bits per heavy atom. The van der Waals surface area contributed by atoms with Crippen molar-refractivity contribution in [2.45, 2.75) is 25.4 Å². The average molecular weight is 342 g/mol. The van der Waals surface area contributed by atoms with Gasteiger partial charge in [-0.05, 0) is 36.6 Å². The molecular weight excluding hydrogens is 322 g/mol. The van der Waals surface area contributed by atoms with Gasteiger partial charge >= 0.3 is 5.69 Å². The van der Waals surface area contributed by atoms with Crippen molar-refractivity contribution in [2.24, 2.45) is 0 Å². The third kappa shape index (κ3) is 2.99. The molecule has 24 heavy (non-hydrogen) atoms.